The Bertz CT molecular complexity index is 376. The summed E-state index contributed by atoms with van der Waals surface area (Å²) in [5.74, 6) is -1.18. The lowest BCUT2D eigenvalue weighted by molar-refractivity contribution is -0.157. The normalized spacial score (nSPS) is 12.5. The molecule has 0 aromatic rings. The standard InChI is InChI=1S/C14H26N2O5/c1-7-11(20-8-2)15-13(19)16(10(3)17)9-12(18)21-14(4,5)6/h11H,7-9H2,1-6H3,(H,15,19). The van der Waals surface area contributed by atoms with Crippen molar-refractivity contribution in [2.75, 3.05) is 13.2 Å². The maximum absolute atomic E-state index is 12.0. The Balaban J connectivity index is 4.71. The Hall–Kier alpha value is -1.63. The third-order valence-electron chi connectivity index (χ3n) is 2.36. The fourth-order valence-electron chi connectivity index (χ4n) is 1.51. The highest BCUT2D eigenvalue weighted by Gasteiger charge is 2.26. The molecule has 21 heavy (non-hydrogen) atoms. The van der Waals surface area contributed by atoms with E-state index in [1.54, 1.807) is 27.7 Å². The lowest BCUT2D eigenvalue weighted by Gasteiger charge is -2.25. The van der Waals surface area contributed by atoms with Gasteiger partial charge in [0.05, 0.1) is 0 Å². The average molecular weight is 302 g/mol. The van der Waals surface area contributed by atoms with Crippen molar-refractivity contribution in [3.63, 3.8) is 0 Å². The number of rotatable bonds is 6. The summed E-state index contributed by atoms with van der Waals surface area (Å²) in [6, 6.07) is -0.673. The molecule has 0 saturated heterocycles. The number of esters is 1. The monoisotopic (exact) mass is 302 g/mol. The zero-order valence-electron chi connectivity index (χ0n) is 13.7. The van der Waals surface area contributed by atoms with E-state index < -0.39 is 36.3 Å². The van der Waals surface area contributed by atoms with Gasteiger partial charge in [0.15, 0.2) is 0 Å². The molecule has 3 amide bonds. The number of imide groups is 1. The Morgan fingerprint density at radius 2 is 1.76 bits per heavy atom. The smallest absolute Gasteiger partial charge is 0.326 e. The van der Waals surface area contributed by atoms with Gasteiger partial charge in [-0.3, -0.25) is 14.5 Å². The number of amides is 3. The third-order valence-corrected chi connectivity index (χ3v) is 2.36. The molecule has 7 heteroatoms. The topological polar surface area (TPSA) is 84.9 Å². The number of carbonyl (C=O) groups is 3. The summed E-state index contributed by atoms with van der Waals surface area (Å²) < 4.78 is 10.4. The van der Waals surface area contributed by atoms with E-state index in [2.05, 4.69) is 5.32 Å². The SMILES string of the molecule is CCOC(CC)NC(=O)N(CC(=O)OC(C)(C)C)C(C)=O. The van der Waals surface area contributed by atoms with Crippen LogP contribution < -0.4 is 5.32 Å². The lowest BCUT2D eigenvalue weighted by Crippen LogP contribution is -2.50. The van der Waals surface area contributed by atoms with Gasteiger partial charge in [0.1, 0.15) is 18.4 Å². The molecule has 1 unspecified atom stereocenters. The minimum Gasteiger partial charge on any atom is -0.459 e. The van der Waals surface area contributed by atoms with Gasteiger partial charge in [-0.15, -0.1) is 0 Å². The number of ether oxygens (including phenoxy) is 2. The predicted molar refractivity (Wildman–Crippen MR) is 77.5 cm³/mol. The van der Waals surface area contributed by atoms with Crippen molar-refractivity contribution in [1.29, 1.82) is 0 Å². The Kier molecular flexibility index (Phi) is 7.94. The molecule has 0 rings (SSSR count). The highest BCUT2D eigenvalue weighted by molar-refractivity contribution is 5.96. The Morgan fingerprint density at radius 1 is 1.19 bits per heavy atom. The summed E-state index contributed by atoms with van der Waals surface area (Å²) in [5, 5.41) is 2.55. The third kappa shape index (κ3) is 8.29. The van der Waals surface area contributed by atoms with Gasteiger partial charge in [-0.25, -0.2) is 4.79 Å². The molecule has 0 bridgehead atoms. The molecule has 0 aliphatic heterocycles. The van der Waals surface area contributed by atoms with Gasteiger partial charge < -0.3 is 14.8 Å². The zero-order valence-corrected chi connectivity index (χ0v) is 13.7. The lowest BCUT2D eigenvalue weighted by atomic mass is 10.2. The highest BCUT2D eigenvalue weighted by atomic mass is 16.6. The van der Waals surface area contributed by atoms with E-state index in [9.17, 15) is 14.4 Å². The predicted octanol–water partition coefficient (Wildman–Crippen LogP) is 1.66. The molecule has 7 nitrogen and oxygen atoms in total. The van der Waals surface area contributed by atoms with Crippen molar-refractivity contribution in [2.24, 2.45) is 0 Å². The second-order valence-corrected chi connectivity index (χ2v) is 5.49. The number of nitrogens with one attached hydrogen (secondary N) is 1. The van der Waals surface area contributed by atoms with Crippen LogP contribution in [0.1, 0.15) is 48.0 Å². The van der Waals surface area contributed by atoms with Gasteiger partial charge in [-0.1, -0.05) is 6.92 Å². The molecule has 0 fully saturated rings. The summed E-state index contributed by atoms with van der Waals surface area (Å²) >= 11 is 0. The molecule has 0 spiro atoms. The van der Waals surface area contributed by atoms with Crippen molar-refractivity contribution >= 4 is 17.9 Å². The highest BCUT2D eigenvalue weighted by Crippen LogP contribution is 2.08. The van der Waals surface area contributed by atoms with Crippen molar-refractivity contribution in [3.8, 4) is 0 Å². The summed E-state index contributed by atoms with van der Waals surface area (Å²) in [5.41, 5.74) is -0.673. The number of nitrogens with zero attached hydrogens (tertiary/aromatic N) is 1. The summed E-state index contributed by atoms with van der Waals surface area (Å²) in [4.78, 5) is 36.1. The molecule has 0 heterocycles. The van der Waals surface area contributed by atoms with Gasteiger partial charge in [0.25, 0.3) is 0 Å². The summed E-state index contributed by atoms with van der Waals surface area (Å²) in [6.45, 7) is 10.0. The van der Waals surface area contributed by atoms with Crippen LogP contribution >= 0.6 is 0 Å². The molecular formula is C14H26N2O5. The van der Waals surface area contributed by atoms with E-state index in [1.165, 1.54) is 6.92 Å². The number of carbonyl (C=O) groups excluding carboxylic acids is 3. The van der Waals surface area contributed by atoms with Crippen LogP contribution in [0.25, 0.3) is 0 Å². The molecular weight excluding hydrogens is 276 g/mol. The summed E-state index contributed by atoms with van der Waals surface area (Å²) in [6.07, 6.45) is 0.0561. The largest absolute Gasteiger partial charge is 0.459 e. The average Bonchev–Trinajstić information content (AvgIpc) is 2.32. The van der Waals surface area contributed by atoms with E-state index in [1.807, 2.05) is 6.92 Å². The van der Waals surface area contributed by atoms with Crippen LogP contribution in [0.4, 0.5) is 4.79 Å². The molecule has 1 N–H and O–H groups in total. The molecule has 0 aliphatic rings. The van der Waals surface area contributed by atoms with Crippen molar-refractivity contribution in [2.45, 2.75) is 59.8 Å². The first-order valence-corrected chi connectivity index (χ1v) is 7.02. The first-order valence-electron chi connectivity index (χ1n) is 7.02. The Labute approximate surface area is 126 Å². The fourth-order valence-corrected chi connectivity index (χ4v) is 1.51. The molecule has 0 radical (unpaired) electrons. The minimum atomic E-state index is -0.673. The van der Waals surface area contributed by atoms with Gasteiger partial charge in [-0.05, 0) is 34.1 Å². The van der Waals surface area contributed by atoms with Crippen LogP contribution in [-0.2, 0) is 19.1 Å². The Morgan fingerprint density at radius 3 is 2.14 bits per heavy atom. The maximum Gasteiger partial charge on any atom is 0.326 e. The number of hydrogen-bond donors (Lipinski definition) is 1. The van der Waals surface area contributed by atoms with Crippen molar-refractivity contribution in [1.82, 2.24) is 10.2 Å². The van der Waals surface area contributed by atoms with Crippen LogP contribution in [0, 0.1) is 0 Å². The van der Waals surface area contributed by atoms with Crippen molar-refractivity contribution in [3.05, 3.63) is 0 Å². The van der Waals surface area contributed by atoms with E-state index in [0.717, 1.165) is 4.90 Å². The van der Waals surface area contributed by atoms with Crippen LogP contribution in [0.3, 0.4) is 0 Å². The number of urea groups is 1. The summed E-state index contributed by atoms with van der Waals surface area (Å²) in [7, 11) is 0. The van der Waals surface area contributed by atoms with Gasteiger partial charge in [-0.2, -0.15) is 0 Å². The second kappa shape index (κ2) is 8.61. The van der Waals surface area contributed by atoms with Crippen LogP contribution in [-0.4, -0.2) is 47.8 Å². The fraction of sp³-hybridized carbons (Fsp3) is 0.786. The molecule has 122 valence electrons. The van der Waals surface area contributed by atoms with Crippen LogP contribution in [0.15, 0.2) is 0 Å². The van der Waals surface area contributed by atoms with E-state index >= 15 is 0 Å². The van der Waals surface area contributed by atoms with E-state index in [0.29, 0.717) is 13.0 Å². The first-order chi connectivity index (χ1) is 9.60. The van der Waals surface area contributed by atoms with E-state index in [-0.39, 0.29) is 0 Å². The number of hydrogen-bond acceptors (Lipinski definition) is 5. The van der Waals surface area contributed by atoms with Gasteiger partial charge in [0.2, 0.25) is 5.91 Å². The van der Waals surface area contributed by atoms with Gasteiger partial charge >= 0.3 is 12.0 Å². The molecule has 1 atom stereocenters. The minimum absolute atomic E-state index is 0.430. The quantitative estimate of drug-likeness (QED) is 0.596. The second-order valence-electron chi connectivity index (χ2n) is 5.49. The molecule has 0 aliphatic carbocycles. The van der Waals surface area contributed by atoms with Crippen LogP contribution in [0.5, 0.6) is 0 Å². The van der Waals surface area contributed by atoms with E-state index in [4.69, 9.17) is 9.47 Å². The first kappa shape index (κ1) is 19.4. The van der Waals surface area contributed by atoms with Crippen LogP contribution in [0.2, 0.25) is 0 Å². The van der Waals surface area contributed by atoms with Gasteiger partial charge in [0, 0.05) is 13.5 Å². The molecule has 0 aromatic carbocycles. The zero-order chi connectivity index (χ0) is 16.6. The molecule has 0 aromatic heterocycles. The maximum atomic E-state index is 12.0. The molecule has 0 saturated carbocycles. The van der Waals surface area contributed by atoms with Crippen molar-refractivity contribution < 1.29 is 23.9 Å².